The average molecular weight is 272 g/mol. The maximum absolute atomic E-state index is 10.6. The second-order valence-corrected chi connectivity index (χ2v) is 3.78. The summed E-state index contributed by atoms with van der Waals surface area (Å²) in [5.74, 6) is -3.48. The van der Waals surface area contributed by atoms with Crippen LogP contribution in [-0.4, -0.2) is 77.9 Å². The lowest BCUT2D eigenvalue weighted by Gasteiger charge is -2.30. The SMILES string of the molecule is CN1CCN(CC(=O)O)CC1.O=C(O)C(F)(F)F. The summed E-state index contributed by atoms with van der Waals surface area (Å²) in [7, 11) is 2.05. The van der Waals surface area contributed by atoms with Crippen LogP contribution in [0.4, 0.5) is 13.2 Å². The monoisotopic (exact) mass is 272 g/mol. The van der Waals surface area contributed by atoms with Crippen LogP contribution in [0, 0.1) is 0 Å². The molecule has 0 bridgehead atoms. The summed E-state index contributed by atoms with van der Waals surface area (Å²) in [5.41, 5.74) is 0. The molecule has 0 amide bonds. The van der Waals surface area contributed by atoms with Crippen LogP contribution in [0.1, 0.15) is 0 Å². The molecule has 0 saturated carbocycles. The van der Waals surface area contributed by atoms with Crippen LogP contribution >= 0.6 is 0 Å². The standard InChI is InChI=1S/C7H14N2O2.C2HF3O2/c1-8-2-4-9(5-3-8)6-7(10)11;3-2(4,5)1(6)7/h2-6H2,1H3,(H,10,11);(H,6,7). The predicted octanol–water partition coefficient (Wildman–Crippen LogP) is -0.0483. The molecule has 1 aliphatic heterocycles. The van der Waals surface area contributed by atoms with E-state index in [2.05, 4.69) is 11.9 Å². The van der Waals surface area contributed by atoms with Crippen molar-refractivity contribution >= 4 is 11.9 Å². The molecular formula is C9H15F3N2O4. The molecule has 0 aromatic heterocycles. The Morgan fingerprint density at radius 3 is 1.78 bits per heavy atom. The second-order valence-electron chi connectivity index (χ2n) is 3.78. The van der Waals surface area contributed by atoms with Gasteiger partial charge in [0.2, 0.25) is 0 Å². The zero-order chi connectivity index (χ0) is 14.3. The molecule has 0 radical (unpaired) electrons. The highest BCUT2D eigenvalue weighted by Crippen LogP contribution is 2.13. The van der Waals surface area contributed by atoms with Gasteiger partial charge in [0.05, 0.1) is 6.54 Å². The molecule has 0 aromatic carbocycles. The molecule has 18 heavy (non-hydrogen) atoms. The molecule has 2 N–H and O–H groups in total. The Balaban J connectivity index is 0.000000360. The number of carbonyl (C=O) groups is 2. The fourth-order valence-electron chi connectivity index (χ4n) is 1.20. The van der Waals surface area contributed by atoms with E-state index in [4.69, 9.17) is 15.0 Å². The molecule has 106 valence electrons. The van der Waals surface area contributed by atoms with Crippen molar-refractivity contribution in [2.24, 2.45) is 0 Å². The maximum atomic E-state index is 10.6. The zero-order valence-corrected chi connectivity index (χ0v) is 9.77. The summed E-state index contributed by atoms with van der Waals surface area (Å²) in [4.78, 5) is 23.4. The molecular weight excluding hydrogens is 257 g/mol. The van der Waals surface area contributed by atoms with E-state index in [-0.39, 0.29) is 6.54 Å². The molecule has 1 heterocycles. The van der Waals surface area contributed by atoms with Crippen molar-refractivity contribution in [1.29, 1.82) is 0 Å². The summed E-state index contributed by atoms with van der Waals surface area (Å²) < 4.78 is 31.7. The lowest BCUT2D eigenvalue weighted by Crippen LogP contribution is -2.46. The van der Waals surface area contributed by atoms with Crippen LogP contribution < -0.4 is 0 Å². The molecule has 0 aliphatic carbocycles. The first kappa shape index (κ1) is 16.6. The first-order chi connectivity index (χ1) is 8.12. The van der Waals surface area contributed by atoms with E-state index in [0.717, 1.165) is 26.2 Å². The van der Waals surface area contributed by atoms with Crippen LogP contribution in [0.5, 0.6) is 0 Å². The molecule has 0 unspecified atom stereocenters. The predicted molar refractivity (Wildman–Crippen MR) is 55.3 cm³/mol. The fraction of sp³-hybridized carbons (Fsp3) is 0.778. The van der Waals surface area contributed by atoms with Crippen molar-refractivity contribution in [3.05, 3.63) is 0 Å². The van der Waals surface area contributed by atoms with Gasteiger partial charge in [-0.1, -0.05) is 0 Å². The number of nitrogens with zero attached hydrogens (tertiary/aromatic N) is 2. The van der Waals surface area contributed by atoms with Crippen molar-refractivity contribution in [3.8, 4) is 0 Å². The van der Waals surface area contributed by atoms with Gasteiger partial charge in [-0.05, 0) is 7.05 Å². The Morgan fingerprint density at radius 1 is 1.11 bits per heavy atom. The van der Waals surface area contributed by atoms with Gasteiger partial charge in [0.1, 0.15) is 0 Å². The number of alkyl halides is 3. The van der Waals surface area contributed by atoms with E-state index in [1.54, 1.807) is 0 Å². The van der Waals surface area contributed by atoms with E-state index in [1.165, 1.54) is 0 Å². The number of hydrogen-bond donors (Lipinski definition) is 2. The number of aliphatic carboxylic acids is 2. The third-order valence-electron chi connectivity index (χ3n) is 2.20. The highest BCUT2D eigenvalue weighted by Gasteiger charge is 2.38. The summed E-state index contributed by atoms with van der Waals surface area (Å²) >= 11 is 0. The number of carboxylic acid groups (broad SMARTS) is 2. The highest BCUT2D eigenvalue weighted by molar-refractivity contribution is 5.73. The number of rotatable bonds is 2. The quantitative estimate of drug-likeness (QED) is 0.733. The van der Waals surface area contributed by atoms with E-state index in [0.29, 0.717) is 0 Å². The van der Waals surface area contributed by atoms with Crippen molar-refractivity contribution in [2.75, 3.05) is 39.8 Å². The van der Waals surface area contributed by atoms with E-state index >= 15 is 0 Å². The van der Waals surface area contributed by atoms with Gasteiger partial charge in [-0.3, -0.25) is 9.69 Å². The molecule has 0 atom stereocenters. The lowest BCUT2D eigenvalue weighted by atomic mass is 10.3. The van der Waals surface area contributed by atoms with Gasteiger partial charge in [0.15, 0.2) is 0 Å². The van der Waals surface area contributed by atoms with E-state index in [1.807, 2.05) is 4.90 Å². The molecule has 9 heteroatoms. The third kappa shape index (κ3) is 7.85. The van der Waals surface area contributed by atoms with Crippen LogP contribution in [0.25, 0.3) is 0 Å². The molecule has 0 spiro atoms. The Bertz CT molecular complexity index is 288. The van der Waals surface area contributed by atoms with Crippen molar-refractivity contribution in [2.45, 2.75) is 6.18 Å². The fourth-order valence-corrected chi connectivity index (χ4v) is 1.20. The molecule has 1 aliphatic rings. The summed E-state index contributed by atoms with van der Waals surface area (Å²) in [6.45, 7) is 3.90. The normalized spacial score (nSPS) is 17.8. The number of hydrogen-bond acceptors (Lipinski definition) is 4. The first-order valence-corrected chi connectivity index (χ1v) is 5.05. The molecule has 0 aromatic rings. The van der Waals surface area contributed by atoms with Gasteiger partial charge in [0.25, 0.3) is 0 Å². The van der Waals surface area contributed by atoms with Crippen LogP contribution in [0.15, 0.2) is 0 Å². The van der Waals surface area contributed by atoms with Crippen molar-refractivity contribution < 1.29 is 33.0 Å². The topological polar surface area (TPSA) is 81.1 Å². The summed E-state index contributed by atoms with van der Waals surface area (Å²) in [6.07, 6.45) is -5.08. The van der Waals surface area contributed by atoms with Crippen molar-refractivity contribution in [1.82, 2.24) is 9.80 Å². The zero-order valence-electron chi connectivity index (χ0n) is 9.77. The molecule has 1 rings (SSSR count). The van der Waals surface area contributed by atoms with Gasteiger partial charge in [-0.25, -0.2) is 4.79 Å². The second kappa shape index (κ2) is 7.17. The minimum absolute atomic E-state index is 0.188. The maximum Gasteiger partial charge on any atom is 0.490 e. The summed E-state index contributed by atoms with van der Waals surface area (Å²) in [6, 6.07) is 0. The first-order valence-electron chi connectivity index (χ1n) is 5.05. The largest absolute Gasteiger partial charge is 0.490 e. The average Bonchev–Trinajstić information content (AvgIpc) is 2.20. The molecule has 1 fully saturated rings. The summed E-state index contributed by atoms with van der Waals surface area (Å²) in [5, 5.41) is 15.6. The number of piperazine rings is 1. The molecule has 6 nitrogen and oxygen atoms in total. The Morgan fingerprint density at radius 2 is 1.50 bits per heavy atom. The number of halogens is 3. The number of carboxylic acids is 2. The van der Waals surface area contributed by atoms with Crippen molar-refractivity contribution in [3.63, 3.8) is 0 Å². The minimum atomic E-state index is -5.08. The van der Waals surface area contributed by atoms with Gasteiger partial charge >= 0.3 is 18.1 Å². The minimum Gasteiger partial charge on any atom is -0.480 e. The van der Waals surface area contributed by atoms with E-state index < -0.39 is 18.1 Å². The number of likely N-dealkylation sites (N-methyl/N-ethyl adjacent to an activating group) is 1. The Hall–Kier alpha value is -1.35. The third-order valence-corrected chi connectivity index (χ3v) is 2.20. The van der Waals surface area contributed by atoms with Crippen LogP contribution in [-0.2, 0) is 9.59 Å². The Labute approximate surface area is 102 Å². The van der Waals surface area contributed by atoms with Gasteiger partial charge < -0.3 is 15.1 Å². The molecule has 1 saturated heterocycles. The van der Waals surface area contributed by atoms with Gasteiger partial charge in [-0.15, -0.1) is 0 Å². The van der Waals surface area contributed by atoms with Crippen LogP contribution in [0.2, 0.25) is 0 Å². The van der Waals surface area contributed by atoms with Gasteiger partial charge in [-0.2, -0.15) is 13.2 Å². The smallest absolute Gasteiger partial charge is 0.480 e. The lowest BCUT2D eigenvalue weighted by molar-refractivity contribution is -0.192. The van der Waals surface area contributed by atoms with Gasteiger partial charge in [0, 0.05) is 26.2 Å². The van der Waals surface area contributed by atoms with E-state index in [9.17, 15) is 18.0 Å². The van der Waals surface area contributed by atoms with Crippen LogP contribution in [0.3, 0.4) is 0 Å². The Kier molecular flexibility index (Phi) is 6.63. The highest BCUT2D eigenvalue weighted by atomic mass is 19.4.